The maximum atomic E-state index is 4.48. The predicted molar refractivity (Wildman–Crippen MR) is 104 cm³/mol. The molecule has 0 aliphatic carbocycles. The molecule has 8 heteroatoms. The molecular weight excluding hydrogens is 402 g/mol. The third kappa shape index (κ3) is 9.03. The van der Waals surface area contributed by atoms with Gasteiger partial charge in [-0.1, -0.05) is 41.5 Å². The molecule has 0 aliphatic heterocycles. The fourth-order valence-corrected chi connectivity index (χ4v) is 2.07. The standard InChI is InChI=1S/C18H24N2.ClH.Ni.4H2O/c1-17(2,3)13-7-9-19-15(11-13)16-12-14(8-10-20-16)18(4,5)6;;;;;;/h7-12H,1-6H3;1H;;4*1H2/q;;+2;;;;/p+3. The van der Waals surface area contributed by atoms with Crippen LogP contribution in [-0.2, 0) is 49.2 Å². The van der Waals surface area contributed by atoms with Crippen LogP contribution in [0, 0.1) is 0 Å². The van der Waals surface area contributed by atoms with Gasteiger partial charge >= 0.3 is 16.5 Å². The van der Waals surface area contributed by atoms with Gasteiger partial charge in [0.25, 0.3) is 0 Å². The van der Waals surface area contributed by atoms with Gasteiger partial charge in [-0.3, -0.25) is 9.97 Å². The summed E-state index contributed by atoms with van der Waals surface area (Å²) in [6.07, 6.45) is 3.75. The minimum absolute atomic E-state index is 0. The summed E-state index contributed by atoms with van der Waals surface area (Å²) in [5.74, 6) is 0. The topological polar surface area (TPSA) is 158 Å². The van der Waals surface area contributed by atoms with E-state index >= 15 is 0 Å². The zero-order chi connectivity index (χ0) is 15.0. The smallest absolute Gasteiger partial charge is 1.00 e. The molecule has 0 unspecified atom stereocenters. The number of pyridine rings is 2. The molecule has 0 aromatic carbocycles. The minimum Gasteiger partial charge on any atom is -1.00 e. The van der Waals surface area contributed by atoms with E-state index in [1.165, 1.54) is 11.1 Å². The molecule has 2 heterocycles. The van der Waals surface area contributed by atoms with E-state index in [1.807, 2.05) is 12.4 Å². The Morgan fingerprint density at radius 2 is 0.885 bits per heavy atom. The fourth-order valence-electron chi connectivity index (χ4n) is 2.07. The van der Waals surface area contributed by atoms with Gasteiger partial charge < -0.3 is 34.3 Å². The third-order valence-corrected chi connectivity index (χ3v) is 3.51. The van der Waals surface area contributed by atoms with Crippen LogP contribution in [0.4, 0.5) is 0 Å². The quantitative estimate of drug-likeness (QED) is 0.374. The molecule has 0 bridgehead atoms. The Kier molecular flexibility index (Phi) is 18.2. The largest absolute Gasteiger partial charge is 2.00 e. The summed E-state index contributed by atoms with van der Waals surface area (Å²) in [6, 6.07) is 8.46. The maximum absolute atomic E-state index is 4.48. The van der Waals surface area contributed by atoms with Crippen molar-refractivity contribution in [3.63, 3.8) is 0 Å². The Morgan fingerprint density at radius 3 is 1.12 bits per heavy atom. The normalized spacial score (nSPS) is 9.62. The Bertz CT molecular complexity index is 574. The van der Waals surface area contributed by atoms with Crippen LogP contribution < -0.4 is 12.4 Å². The number of aromatic nitrogens is 2. The Balaban J connectivity index is -0.000000245. The van der Waals surface area contributed by atoms with Gasteiger partial charge in [-0.15, -0.1) is 0 Å². The second kappa shape index (κ2) is 13.1. The molecule has 26 heavy (non-hydrogen) atoms. The first-order valence-electron chi connectivity index (χ1n) is 7.11. The first-order chi connectivity index (χ1) is 9.18. The van der Waals surface area contributed by atoms with Gasteiger partial charge in [0.05, 0.1) is 11.4 Å². The number of halogens is 1. The van der Waals surface area contributed by atoms with E-state index in [0.29, 0.717) is 0 Å². The van der Waals surface area contributed by atoms with E-state index in [4.69, 9.17) is 0 Å². The van der Waals surface area contributed by atoms with Gasteiger partial charge in [-0.25, -0.2) is 0 Å². The molecule has 0 fully saturated rings. The molecule has 0 saturated carbocycles. The van der Waals surface area contributed by atoms with Crippen LogP contribution in [0.2, 0.25) is 0 Å². The van der Waals surface area contributed by atoms with Crippen molar-refractivity contribution in [1.82, 2.24) is 9.97 Å². The van der Waals surface area contributed by atoms with Crippen LogP contribution in [0.15, 0.2) is 36.7 Å². The van der Waals surface area contributed by atoms with Crippen LogP contribution in [0.5, 0.6) is 0 Å². The summed E-state index contributed by atoms with van der Waals surface area (Å²) < 4.78 is 0. The van der Waals surface area contributed by atoms with Crippen LogP contribution in [0.3, 0.4) is 0 Å². The molecular formula is C18H36ClN2NiO4+5. The van der Waals surface area contributed by atoms with E-state index in [-0.39, 0.29) is 61.6 Å². The second-order valence-electron chi connectivity index (χ2n) is 7.36. The number of hydrogen-bond donors (Lipinski definition) is 0. The van der Waals surface area contributed by atoms with Crippen molar-refractivity contribution in [2.75, 3.05) is 0 Å². The van der Waals surface area contributed by atoms with E-state index < -0.39 is 0 Å². The fraction of sp³-hybridized carbons (Fsp3) is 0.444. The van der Waals surface area contributed by atoms with Crippen LogP contribution in [0.25, 0.3) is 11.4 Å². The van der Waals surface area contributed by atoms with Gasteiger partial charge in [-0.2, -0.15) is 0 Å². The van der Waals surface area contributed by atoms with Crippen LogP contribution in [-0.4, -0.2) is 9.97 Å². The van der Waals surface area contributed by atoms with Gasteiger partial charge in [0.15, 0.2) is 0 Å². The van der Waals surface area contributed by atoms with Crippen molar-refractivity contribution in [1.29, 1.82) is 0 Å². The predicted octanol–water partition coefficient (Wildman–Crippen LogP) is -1.95. The molecule has 0 atom stereocenters. The summed E-state index contributed by atoms with van der Waals surface area (Å²) in [5.41, 5.74) is 4.71. The van der Waals surface area contributed by atoms with Crippen LogP contribution >= 0.6 is 0 Å². The molecule has 154 valence electrons. The Labute approximate surface area is 172 Å². The average Bonchev–Trinajstić information content (AvgIpc) is 2.37. The van der Waals surface area contributed by atoms with Crippen molar-refractivity contribution in [3.05, 3.63) is 47.8 Å². The van der Waals surface area contributed by atoms with Gasteiger partial charge in [0, 0.05) is 12.4 Å². The number of hydrogen-bond acceptors (Lipinski definition) is 2. The van der Waals surface area contributed by atoms with Gasteiger partial charge in [0.2, 0.25) is 0 Å². The van der Waals surface area contributed by atoms with Crippen molar-refractivity contribution >= 4 is 0 Å². The molecule has 0 spiro atoms. The maximum Gasteiger partial charge on any atom is 2.00 e. The van der Waals surface area contributed by atoms with Crippen molar-refractivity contribution in [2.24, 2.45) is 0 Å². The molecule has 0 aliphatic rings. The van der Waals surface area contributed by atoms with E-state index in [0.717, 1.165) is 11.4 Å². The van der Waals surface area contributed by atoms with Gasteiger partial charge in [-0.05, 0) is 46.2 Å². The van der Waals surface area contributed by atoms with Crippen molar-refractivity contribution in [2.45, 2.75) is 52.4 Å². The molecule has 2 aromatic rings. The summed E-state index contributed by atoms with van der Waals surface area (Å²) in [5, 5.41) is 0. The third-order valence-electron chi connectivity index (χ3n) is 3.51. The monoisotopic (exact) mass is 437 g/mol. The molecule has 0 saturated heterocycles. The number of nitrogens with zero attached hydrogens (tertiary/aromatic N) is 2. The summed E-state index contributed by atoms with van der Waals surface area (Å²) in [7, 11) is 0. The first kappa shape index (κ1) is 35.9. The molecule has 0 radical (unpaired) electrons. The zero-order valence-electron chi connectivity index (χ0n) is 16.4. The zero-order valence-corrected chi connectivity index (χ0v) is 18.1. The Hall–Kier alpha value is -1.08. The van der Waals surface area contributed by atoms with Gasteiger partial charge in [0.1, 0.15) is 0 Å². The van der Waals surface area contributed by atoms with E-state index in [2.05, 4.69) is 75.8 Å². The molecule has 6 nitrogen and oxygen atoms in total. The van der Waals surface area contributed by atoms with E-state index in [1.54, 1.807) is 0 Å². The van der Waals surface area contributed by atoms with Crippen molar-refractivity contribution in [3.8, 4) is 11.4 Å². The molecule has 0 amide bonds. The van der Waals surface area contributed by atoms with E-state index in [9.17, 15) is 0 Å². The first-order valence-corrected chi connectivity index (χ1v) is 7.11. The second-order valence-corrected chi connectivity index (χ2v) is 7.36. The summed E-state index contributed by atoms with van der Waals surface area (Å²) in [4.78, 5) is 8.97. The molecule has 2 rings (SSSR count). The minimum atomic E-state index is 0. The Morgan fingerprint density at radius 1 is 0.615 bits per heavy atom. The summed E-state index contributed by atoms with van der Waals surface area (Å²) in [6.45, 7) is 13.3. The van der Waals surface area contributed by atoms with Crippen LogP contribution in [0.1, 0.15) is 52.7 Å². The molecule has 12 N–H and O–H groups in total. The molecule has 2 aromatic heterocycles. The van der Waals surface area contributed by atoms with Crippen molar-refractivity contribution < 1.29 is 50.8 Å². The number of rotatable bonds is 1. The summed E-state index contributed by atoms with van der Waals surface area (Å²) >= 11 is 0. The average molecular weight is 439 g/mol. The SMILES string of the molecule is CC(C)(C)c1ccnc(-c2cc(C(C)(C)C)ccn2)c1.[Cl-].[Ni+2].[OH3+].[OH3+].[OH3+].[OH3+].